The fourth-order valence-corrected chi connectivity index (χ4v) is 1.97. The lowest BCUT2D eigenvalue weighted by Gasteiger charge is -2.10. The number of benzene rings is 1. The van der Waals surface area contributed by atoms with E-state index < -0.39 is 0 Å². The van der Waals surface area contributed by atoms with Gasteiger partial charge in [-0.15, -0.1) is 10.2 Å². The number of halogens is 4. The van der Waals surface area contributed by atoms with Crippen molar-refractivity contribution < 1.29 is 0 Å². The molecule has 0 radical (unpaired) electrons. The maximum absolute atomic E-state index is 6.01. The fraction of sp³-hybridized carbons (Fsp3) is 0. The van der Waals surface area contributed by atoms with Gasteiger partial charge in [0.15, 0.2) is 10.3 Å². The maximum atomic E-state index is 6.01. The Kier molecular flexibility index (Phi) is 3.94. The van der Waals surface area contributed by atoms with E-state index in [1.807, 2.05) is 0 Å². The molecule has 2 rings (SSSR count). The molecule has 0 aliphatic rings. The van der Waals surface area contributed by atoms with Crippen molar-refractivity contribution in [3.05, 3.63) is 44.6 Å². The molecule has 2 aromatic rings. The molecule has 0 aliphatic heterocycles. The van der Waals surface area contributed by atoms with Crippen LogP contribution in [-0.2, 0) is 0 Å². The van der Waals surface area contributed by atoms with E-state index >= 15 is 0 Å². The van der Waals surface area contributed by atoms with Gasteiger partial charge in [-0.25, -0.2) is 0 Å². The highest BCUT2D eigenvalue weighted by atomic mass is 35.5. The average molecular weight is 309 g/mol. The van der Waals surface area contributed by atoms with Crippen LogP contribution >= 0.6 is 46.4 Å². The third-order valence-corrected chi connectivity index (χ3v) is 3.04. The van der Waals surface area contributed by atoms with Crippen LogP contribution in [-0.4, -0.2) is 10.2 Å². The van der Waals surface area contributed by atoms with E-state index in [2.05, 4.69) is 15.5 Å². The van der Waals surface area contributed by atoms with Crippen LogP contribution < -0.4 is 5.32 Å². The molecule has 1 heterocycles. The van der Waals surface area contributed by atoms with Crippen molar-refractivity contribution in [1.29, 1.82) is 0 Å². The molecule has 17 heavy (non-hydrogen) atoms. The molecule has 3 nitrogen and oxygen atoms in total. The van der Waals surface area contributed by atoms with Crippen molar-refractivity contribution in [2.24, 2.45) is 0 Å². The lowest BCUT2D eigenvalue weighted by molar-refractivity contribution is 1.03. The largest absolute Gasteiger partial charge is 0.350 e. The van der Waals surface area contributed by atoms with Gasteiger partial charge in [0.05, 0.1) is 21.4 Å². The van der Waals surface area contributed by atoms with E-state index in [-0.39, 0.29) is 10.3 Å². The Morgan fingerprint density at radius 3 is 2.24 bits per heavy atom. The zero-order valence-electron chi connectivity index (χ0n) is 8.22. The van der Waals surface area contributed by atoms with Gasteiger partial charge in [-0.1, -0.05) is 52.5 Å². The van der Waals surface area contributed by atoms with Gasteiger partial charge in [0.1, 0.15) is 0 Å². The summed E-state index contributed by atoms with van der Waals surface area (Å²) in [6, 6.07) is 6.70. The minimum atomic E-state index is 0.186. The summed E-state index contributed by atoms with van der Waals surface area (Å²) in [4.78, 5) is 0. The number of anilines is 2. The molecule has 0 amide bonds. The molecule has 0 bridgehead atoms. The van der Waals surface area contributed by atoms with E-state index in [1.54, 1.807) is 18.2 Å². The predicted molar refractivity (Wildman–Crippen MR) is 71.8 cm³/mol. The Balaban J connectivity index is 2.41. The van der Waals surface area contributed by atoms with Gasteiger partial charge in [-0.3, -0.25) is 0 Å². The van der Waals surface area contributed by atoms with E-state index in [9.17, 15) is 0 Å². The number of hydrogen-bond acceptors (Lipinski definition) is 3. The minimum absolute atomic E-state index is 0.186. The molecular formula is C10H5Cl4N3. The second kappa shape index (κ2) is 5.27. The Bertz CT molecular complexity index is 539. The molecule has 0 saturated carbocycles. The first-order valence-corrected chi connectivity index (χ1v) is 5.99. The summed E-state index contributed by atoms with van der Waals surface area (Å²) in [6.45, 7) is 0. The van der Waals surface area contributed by atoms with E-state index in [0.717, 1.165) is 0 Å². The Morgan fingerprint density at radius 1 is 0.941 bits per heavy atom. The molecule has 88 valence electrons. The maximum Gasteiger partial charge on any atom is 0.175 e. The molecule has 0 unspecified atom stereocenters. The van der Waals surface area contributed by atoms with Crippen molar-refractivity contribution >= 4 is 57.8 Å². The number of hydrogen-bond donors (Lipinski definition) is 1. The molecule has 1 N–H and O–H groups in total. The Hall–Kier alpha value is -0.740. The first-order valence-electron chi connectivity index (χ1n) is 4.47. The predicted octanol–water partition coefficient (Wildman–Crippen LogP) is 4.83. The van der Waals surface area contributed by atoms with Crippen LogP contribution in [0.5, 0.6) is 0 Å². The number of para-hydroxylation sites is 1. The third-order valence-electron chi connectivity index (χ3n) is 1.94. The van der Waals surface area contributed by atoms with Crippen LogP contribution in [0.15, 0.2) is 24.3 Å². The average Bonchev–Trinajstić information content (AvgIpc) is 2.28. The molecule has 7 heteroatoms. The van der Waals surface area contributed by atoms with Crippen LogP contribution in [0.3, 0.4) is 0 Å². The SMILES string of the molecule is Clc1cc(Nc2c(Cl)cccc2Cl)c(Cl)nn1. The smallest absolute Gasteiger partial charge is 0.175 e. The monoisotopic (exact) mass is 307 g/mol. The fourth-order valence-electron chi connectivity index (χ4n) is 1.19. The molecule has 0 aliphatic carbocycles. The molecule has 0 fully saturated rings. The first kappa shape index (κ1) is 12.7. The van der Waals surface area contributed by atoms with E-state index in [0.29, 0.717) is 21.4 Å². The van der Waals surface area contributed by atoms with Crippen molar-refractivity contribution in [1.82, 2.24) is 10.2 Å². The number of rotatable bonds is 2. The van der Waals surface area contributed by atoms with Gasteiger partial charge in [-0.2, -0.15) is 0 Å². The van der Waals surface area contributed by atoms with Crippen LogP contribution in [0.1, 0.15) is 0 Å². The second-order valence-electron chi connectivity index (χ2n) is 3.09. The molecule has 0 spiro atoms. The molecule has 0 atom stereocenters. The Labute approximate surface area is 118 Å². The Morgan fingerprint density at radius 2 is 1.59 bits per heavy atom. The highest BCUT2D eigenvalue weighted by Crippen LogP contribution is 2.34. The van der Waals surface area contributed by atoms with Gasteiger partial charge in [0, 0.05) is 6.07 Å². The summed E-state index contributed by atoms with van der Waals surface area (Å²) < 4.78 is 0. The quantitative estimate of drug-likeness (QED) is 0.863. The molecule has 1 aromatic carbocycles. The zero-order valence-corrected chi connectivity index (χ0v) is 11.2. The van der Waals surface area contributed by atoms with Gasteiger partial charge in [0.2, 0.25) is 0 Å². The van der Waals surface area contributed by atoms with E-state index in [1.165, 1.54) is 6.07 Å². The highest BCUT2D eigenvalue weighted by Gasteiger charge is 2.09. The van der Waals surface area contributed by atoms with Crippen LogP contribution in [0.25, 0.3) is 0 Å². The van der Waals surface area contributed by atoms with Crippen molar-refractivity contribution in [3.8, 4) is 0 Å². The lowest BCUT2D eigenvalue weighted by Crippen LogP contribution is -1.96. The normalized spacial score (nSPS) is 10.4. The number of aromatic nitrogens is 2. The molecule has 0 saturated heterocycles. The van der Waals surface area contributed by atoms with Gasteiger partial charge >= 0.3 is 0 Å². The summed E-state index contributed by atoms with van der Waals surface area (Å²) in [5.74, 6) is 0. The number of nitrogens with one attached hydrogen (secondary N) is 1. The minimum Gasteiger partial charge on any atom is -0.350 e. The van der Waals surface area contributed by atoms with Crippen molar-refractivity contribution in [3.63, 3.8) is 0 Å². The zero-order chi connectivity index (χ0) is 12.4. The van der Waals surface area contributed by atoms with Crippen molar-refractivity contribution in [2.75, 3.05) is 5.32 Å². The topological polar surface area (TPSA) is 37.8 Å². The molecule has 1 aromatic heterocycles. The first-order chi connectivity index (χ1) is 8.08. The highest BCUT2D eigenvalue weighted by molar-refractivity contribution is 6.39. The van der Waals surface area contributed by atoms with Crippen LogP contribution in [0, 0.1) is 0 Å². The lowest BCUT2D eigenvalue weighted by atomic mass is 10.3. The number of nitrogens with zero attached hydrogens (tertiary/aromatic N) is 2. The van der Waals surface area contributed by atoms with Gasteiger partial charge in [0.25, 0.3) is 0 Å². The summed E-state index contributed by atoms with van der Waals surface area (Å²) >= 11 is 23.6. The van der Waals surface area contributed by atoms with E-state index in [4.69, 9.17) is 46.4 Å². The molecular weight excluding hydrogens is 304 g/mol. The summed E-state index contributed by atoms with van der Waals surface area (Å²) in [5.41, 5.74) is 1.03. The second-order valence-corrected chi connectivity index (χ2v) is 4.65. The van der Waals surface area contributed by atoms with Gasteiger partial charge in [-0.05, 0) is 12.1 Å². The van der Waals surface area contributed by atoms with Crippen LogP contribution in [0.4, 0.5) is 11.4 Å². The summed E-state index contributed by atoms with van der Waals surface area (Å²) in [7, 11) is 0. The summed E-state index contributed by atoms with van der Waals surface area (Å²) in [6.07, 6.45) is 0. The summed E-state index contributed by atoms with van der Waals surface area (Å²) in [5, 5.41) is 11.6. The van der Waals surface area contributed by atoms with Gasteiger partial charge < -0.3 is 5.32 Å². The third kappa shape index (κ3) is 2.93. The standard InChI is InChI=1S/C10H5Cl4N3/c11-5-2-1-3-6(12)9(5)15-7-4-8(13)16-17-10(7)14/h1-4H,(H,15,16). The van der Waals surface area contributed by atoms with Crippen LogP contribution in [0.2, 0.25) is 20.4 Å². The van der Waals surface area contributed by atoms with Crippen molar-refractivity contribution in [2.45, 2.75) is 0 Å².